The molecule has 1 N–H and O–H groups in total. The van der Waals surface area contributed by atoms with Crippen LogP contribution >= 0.6 is 0 Å². The minimum absolute atomic E-state index is 0.0169. The van der Waals surface area contributed by atoms with Crippen molar-refractivity contribution in [1.29, 1.82) is 0 Å². The van der Waals surface area contributed by atoms with Crippen LogP contribution in [0.3, 0.4) is 0 Å². The smallest absolute Gasteiger partial charge is 0.136 e. The largest absolute Gasteiger partial charge is 0.391 e. The lowest BCUT2D eigenvalue weighted by Crippen LogP contribution is -2.28. The zero-order valence-corrected chi connectivity index (χ0v) is 10.9. The van der Waals surface area contributed by atoms with E-state index in [9.17, 15) is 9.90 Å². The second kappa shape index (κ2) is 7.80. The highest BCUT2D eigenvalue weighted by Gasteiger charge is 2.24. The molecule has 0 aromatic rings. The lowest BCUT2D eigenvalue weighted by atomic mass is 9.84. The van der Waals surface area contributed by atoms with Crippen LogP contribution in [0.2, 0.25) is 0 Å². The topological polar surface area (TPSA) is 55.8 Å². The van der Waals surface area contributed by atoms with Gasteiger partial charge in [0.15, 0.2) is 0 Å². The first kappa shape index (κ1) is 14.6. The highest BCUT2D eigenvalue weighted by Crippen LogP contribution is 2.24. The van der Waals surface area contributed by atoms with Crippen LogP contribution in [0.25, 0.3) is 0 Å². The molecule has 1 aliphatic carbocycles. The number of methoxy groups -OCH3 is 1. The molecular formula is C13H24O4. The molecule has 0 aromatic carbocycles. The Labute approximate surface area is 103 Å². The normalized spacial score (nSPS) is 24.6. The van der Waals surface area contributed by atoms with E-state index in [1.165, 1.54) is 0 Å². The maximum absolute atomic E-state index is 11.6. The Morgan fingerprint density at radius 1 is 1.41 bits per heavy atom. The van der Waals surface area contributed by atoms with E-state index in [1.807, 2.05) is 6.92 Å². The average Bonchev–Trinajstić information content (AvgIpc) is 2.30. The number of hydrogen-bond acceptors (Lipinski definition) is 4. The molecule has 1 fully saturated rings. The second-order valence-corrected chi connectivity index (χ2v) is 4.90. The molecule has 0 spiro atoms. The molecule has 0 aromatic heterocycles. The summed E-state index contributed by atoms with van der Waals surface area (Å²) in [5.41, 5.74) is 0. The lowest BCUT2D eigenvalue weighted by molar-refractivity contribution is -0.126. The van der Waals surface area contributed by atoms with E-state index in [0.717, 1.165) is 19.3 Å². The van der Waals surface area contributed by atoms with Crippen molar-refractivity contribution in [3.8, 4) is 0 Å². The van der Waals surface area contributed by atoms with Gasteiger partial charge in [0.2, 0.25) is 0 Å². The summed E-state index contributed by atoms with van der Waals surface area (Å²) in [6.45, 7) is 2.71. The molecule has 0 radical (unpaired) electrons. The number of carbonyl (C=O) groups is 1. The Morgan fingerprint density at radius 2 is 2.18 bits per heavy atom. The molecule has 0 saturated heterocycles. The molecule has 0 aliphatic heterocycles. The molecular weight excluding hydrogens is 220 g/mol. The minimum Gasteiger partial charge on any atom is -0.391 e. The van der Waals surface area contributed by atoms with Gasteiger partial charge in [0.25, 0.3) is 0 Å². The minimum atomic E-state index is -0.540. The van der Waals surface area contributed by atoms with Gasteiger partial charge in [0.1, 0.15) is 5.78 Å². The molecule has 0 amide bonds. The summed E-state index contributed by atoms with van der Waals surface area (Å²) < 4.78 is 10.4. The van der Waals surface area contributed by atoms with E-state index >= 15 is 0 Å². The van der Waals surface area contributed by atoms with Crippen molar-refractivity contribution < 1.29 is 19.4 Å². The van der Waals surface area contributed by atoms with E-state index in [4.69, 9.17) is 9.47 Å². The van der Waals surface area contributed by atoms with Gasteiger partial charge in [-0.3, -0.25) is 4.79 Å². The Morgan fingerprint density at radius 3 is 2.82 bits per heavy atom. The van der Waals surface area contributed by atoms with Crippen LogP contribution in [0.15, 0.2) is 0 Å². The van der Waals surface area contributed by atoms with Gasteiger partial charge in [0, 0.05) is 19.4 Å². The third-order valence-electron chi connectivity index (χ3n) is 3.21. The van der Waals surface area contributed by atoms with Gasteiger partial charge < -0.3 is 14.6 Å². The molecule has 4 heteroatoms. The fourth-order valence-electron chi connectivity index (χ4n) is 2.26. The summed E-state index contributed by atoms with van der Waals surface area (Å²) in [7, 11) is 1.62. The van der Waals surface area contributed by atoms with Crippen molar-refractivity contribution in [2.24, 2.45) is 5.92 Å². The lowest BCUT2D eigenvalue weighted by Gasteiger charge is -2.23. The third kappa shape index (κ3) is 5.61. The number of aliphatic hydroxyl groups excluding tert-OH is 1. The molecule has 1 rings (SSSR count). The fourth-order valence-corrected chi connectivity index (χ4v) is 2.26. The van der Waals surface area contributed by atoms with E-state index in [-0.39, 0.29) is 18.6 Å². The SMILES string of the molecule is COCC(C)OCC(O)CC1CCCCC1=O. The summed E-state index contributed by atoms with van der Waals surface area (Å²) in [6.07, 6.45) is 3.69. The zero-order valence-electron chi connectivity index (χ0n) is 10.9. The Hall–Kier alpha value is -0.450. The molecule has 4 nitrogen and oxygen atoms in total. The van der Waals surface area contributed by atoms with Gasteiger partial charge in [-0.2, -0.15) is 0 Å². The van der Waals surface area contributed by atoms with Crippen molar-refractivity contribution in [1.82, 2.24) is 0 Å². The van der Waals surface area contributed by atoms with E-state index in [1.54, 1.807) is 7.11 Å². The summed E-state index contributed by atoms with van der Waals surface area (Å²) in [4.78, 5) is 11.6. The average molecular weight is 244 g/mol. The van der Waals surface area contributed by atoms with Crippen molar-refractivity contribution in [2.45, 2.75) is 51.2 Å². The maximum Gasteiger partial charge on any atom is 0.136 e. The number of Topliss-reactive ketones (excluding diaryl/α,β-unsaturated/α-hetero) is 1. The monoisotopic (exact) mass is 244 g/mol. The summed E-state index contributed by atoms with van der Waals surface area (Å²) in [5.74, 6) is 0.348. The predicted molar refractivity (Wildman–Crippen MR) is 64.9 cm³/mol. The van der Waals surface area contributed by atoms with Crippen molar-refractivity contribution >= 4 is 5.78 Å². The van der Waals surface area contributed by atoms with Crippen molar-refractivity contribution in [3.63, 3.8) is 0 Å². The Bertz CT molecular complexity index is 229. The molecule has 17 heavy (non-hydrogen) atoms. The van der Waals surface area contributed by atoms with Crippen LogP contribution in [0.1, 0.15) is 39.0 Å². The summed E-state index contributed by atoms with van der Waals surface area (Å²) >= 11 is 0. The van der Waals surface area contributed by atoms with Crippen LogP contribution in [0.4, 0.5) is 0 Å². The Balaban J connectivity index is 2.19. The van der Waals surface area contributed by atoms with Crippen LogP contribution < -0.4 is 0 Å². The van der Waals surface area contributed by atoms with Crippen LogP contribution in [-0.4, -0.2) is 43.4 Å². The molecule has 3 unspecified atom stereocenters. The first-order valence-corrected chi connectivity index (χ1v) is 6.44. The first-order valence-electron chi connectivity index (χ1n) is 6.44. The third-order valence-corrected chi connectivity index (χ3v) is 3.21. The van der Waals surface area contributed by atoms with Gasteiger partial charge in [-0.25, -0.2) is 0 Å². The fraction of sp³-hybridized carbons (Fsp3) is 0.923. The van der Waals surface area contributed by atoms with Gasteiger partial charge in [-0.1, -0.05) is 6.42 Å². The standard InChI is InChI=1S/C13H24O4/c1-10(8-16-2)17-9-12(14)7-11-5-3-4-6-13(11)15/h10-12,14H,3-9H2,1-2H3. The van der Waals surface area contributed by atoms with Crippen molar-refractivity contribution in [3.05, 3.63) is 0 Å². The van der Waals surface area contributed by atoms with Crippen LogP contribution in [-0.2, 0) is 14.3 Å². The van der Waals surface area contributed by atoms with Gasteiger partial charge in [0.05, 0.1) is 25.4 Å². The molecule has 3 atom stereocenters. The number of carbonyl (C=O) groups excluding carboxylic acids is 1. The highest BCUT2D eigenvalue weighted by atomic mass is 16.5. The van der Waals surface area contributed by atoms with E-state index < -0.39 is 6.10 Å². The molecule has 1 aliphatic rings. The highest BCUT2D eigenvalue weighted by molar-refractivity contribution is 5.81. The van der Waals surface area contributed by atoms with E-state index in [2.05, 4.69) is 0 Å². The zero-order chi connectivity index (χ0) is 12.7. The number of aliphatic hydroxyl groups is 1. The van der Waals surface area contributed by atoms with Gasteiger partial charge in [-0.05, 0) is 26.2 Å². The Kier molecular flexibility index (Phi) is 6.70. The quantitative estimate of drug-likeness (QED) is 0.738. The molecule has 100 valence electrons. The first-order chi connectivity index (χ1) is 8.13. The van der Waals surface area contributed by atoms with Gasteiger partial charge in [-0.15, -0.1) is 0 Å². The maximum atomic E-state index is 11.6. The number of hydrogen-bond donors (Lipinski definition) is 1. The number of ether oxygens (including phenoxy) is 2. The molecule has 1 saturated carbocycles. The van der Waals surface area contributed by atoms with Crippen LogP contribution in [0.5, 0.6) is 0 Å². The number of rotatable bonds is 7. The number of ketones is 1. The van der Waals surface area contributed by atoms with Crippen molar-refractivity contribution in [2.75, 3.05) is 20.3 Å². The van der Waals surface area contributed by atoms with E-state index in [0.29, 0.717) is 25.2 Å². The molecule has 0 bridgehead atoms. The predicted octanol–water partition coefficient (Wildman–Crippen LogP) is 1.55. The molecule has 0 heterocycles. The second-order valence-electron chi connectivity index (χ2n) is 4.90. The van der Waals surface area contributed by atoms with Crippen LogP contribution in [0, 0.1) is 5.92 Å². The van der Waals surface area contributed by atoms with Gasteiger partial charge >= 0.3 is 0 Å². The summed E-state index contributed by atoms with van der Waals surface area (Å²) in [6, 6.07) is 0. The summed E-state index contributed by atoms with van der Waals surface area (Å²) in [5, 5.41) is 9.82.